The summed E-state index contributed by atoms with van der Waals surface area (Å²) in [5.74, 6) is -1.25. The number of nitrogens with zero attached hydrogens (tertiary/aromatic N) is 2. The van der Waals surface area contributed by atoms with Gasteiger partial charge in [-0.15, -0.1) is 11.3 Å². The Morgan fingerprint density at radius 1 is 1.15 bits per heavy atom. The molecule has 1 aliphatic rings. The number of methoxy groups -OCH3 is 2. The Kier molecular flexibility index (Phi) is 8.52. The molecule has 1 aliphatic heterocycles. The van der Waals surface area contributed by atoms with Crippen molar-refractivity contribution >= 4 is 34.4 Å². The molecule has 3 aromatic rings. The first-order valence-corrected chi connectivity index (χ1v) is 13.7. The minimum atomic E-state index is -1.15. The third-order valence-electron chi connectivity index (χ3n) is 6.54. The highest BCUT2D eigenvalue weighted by Crippen LogP contribution is 2.45. The fourth-order valence-corrected chi connectivity index (χ4v) is 5.24. The van der Waals surface area contributed by atoms with Crippen molar-refractivity contribution in [2.75, 3.05) is 26.1 Å². The molecule has 2 aromatic carbocycles. The fourth-order valence-electron chi connectivity index (χ4n) is 4.70. The second kappa shape index (κ2) is 11.7. The molecule has 1 aromatic heterocycles. The van der Waals surface area contributed by atoms with Gasteiger partial charge in [0, 0.05) is 24.2 Å². The number of fused-ring (bicyclic) bond motifs is 1. The van der Waals surface area contributed by atoms with Crippen molar-refractivity contribution in [3.63, 3.8) is 0 Å². The predicted octanol–water partition coefficient (Wildman–Crippen LogP) is 5.91. The van der Waals surface area contributed by atoms with E-state index in [9.17, 15) is 18.8 Å². The molecule has 2 amide bonds. The molecule has 12 heteroatoms. The largest absolute Gasteiger partial charge is 0.493 e. The Morgan fingerprint density at radius 3 is 2.51 bits per heavy atom. The second-order valence-corrected chi connectivity index (χ2v) is 11.5. The molecule has 0 saturated heterocycles. The van der Waals surface area contributed by atoms with Gasteiger partial charge in [0.15, 0.2) is 16.6 Å². The maximum absolute atomic E-state index is 14.6. The van der Waals surface area contributed by atoms with E-state index in [-0.39, 0.29) is 29.4 Å². The summed E-state index contributed by atoms with van der Waals surface area (Å²) in [6, 6.07) is 7.24. The number of ether oxygens (including phenoxy) is 4. The quantitative estimate of drug-likeness (QED) is 0.341. The molecule has 0 saturated carbocycles. The summed E-state index contributed by atoms with van der Waals surface area (Å²) in [6.07, 6.45) is 1.39. The van der Waals surface area contributed by atoms with E-state index in [2.05, 4.69) is 15.0 Å². The lowest BCUT2D eigenvalue weighted by molar-refractivity contribution is -0.119. The molecule has 0 spiro atoms. The molecule has 41 heavy (non-hydrogen) atoms. The van der Waals surface area contributed by atoms with Gasteiger partial charge in [0.25, 0.3) is 0 Å². The fraction of sp³-hybridized carbons (Fsp3) is 0.379. The Bertz CT molecular complexity index is 1460. The Balaban J connectivity index is 1.75. The zero-order chi connectivity index (χ0) is 29.9. The van der Waals surface area contributed by atoms with Crippen LogP contribution in [0.25, 0.3) is 0 Å². The van der Waals surface area contributed by atoms with E-state index < -0.39 is 29.0 Å². The predicted molar refractivity (Wildman–Crippen MR) is 150 cm³/mol. The number of carbonyl (C=O) groups excluding carboxylic acids is 3. The van der Waals surface area contributed by atoms with Crippen LogP contribution in [0, 0.1) is 5.82 Å². The number of aromatic nitrogens is 1. The summed E-state index contributed by atoms with van der Waals surface area (Å²) in [5, 5.41) is 4.98. The van der Waals surface area contributed by atoms with Crippen molar-refractivity contribution in [3.8, 4) is 17.2 Å². The molecule has 4 rings (SSSR count). The van der Waals surface area contributed by atoms with Crippen molar-refractivity contribution in [1.29, 1.82) is 0 Å². The van der Waals surface area contributed by atoms with E-state index >= 15 is 0 Å². The zero-order valence-corrected chi connectivity index (χ0v) is 24.5. The number of esters is 1. The third kappa shape index (κ3) is 6.59. The molecule has 0 fully saturated rings. The second-order valence-electron chi connectivity index (χ2n) is 10.6. The average Bonchev–Trinajstić information content (AvgIpc) is 3.40. The summed E-state index contributed by atoms with van der Waals surface area (Å²) in [4.78, 5) is 44.1. The van der Waals surface area contributed by atoms with Gasteiger partial charge in [0.1, 0.15) is 17.2 Å². The number of hydrogen-bond acceptors (Lipinski definition) is 9. The lowest BCUT2D eigenvalue weighted by atomic mass is 9.79. The van der Waals surface area contributed by atoms with Crippen LogP contribution < -0.4 is 14.8 Å². The van der Waals surface area contributed by atoms with Crippen LogP contribution in [0.5, 0.6) is 17.2 Å². The van der Waals surface area contributed by atoms with Gasteiger partial charge in [-0.2, -0.15) is 0 Å². The summed E-state index contributed by atoms with van der Waals surface area (Å²) >= 11 is 1.28. The van der Waals surface area contributed by atoms with Crippen LogP contribution in [-0.2, 0) is 26.2 Å². The van der Waals surface area contributed by atoms with Gasteiger partial charge in [-0.1, -0.05) is 0 Å². The van der Waals surface area contributed by atoms with E-state index in [0.717, 1.165) is 11.6 Å². The number of halogens is 1. The molecular weight excluding hydrogens is 553 g/mol. The van der Waals surface area contributed by atoms with Crippen LogP contribution in [0.2, 0.25) is 0 Å². The van der Waals surface area contributed by atoms with Gasteiger partial charge in [-0.25, -0.2) is 19.0 Å². The van der Waals surface area contributed by atoms with E-state index in [1.165, 1.54) is 37.7 Å². The van der Waals surface area contributed by atoms with Crippen LogP contribution >= 0.6 is 11.3 Å². The van der Waals surface area contributed by atoms with Gasteiger partial charge >= 0.3 is 12.1 Å². The molecule has 0 unspecified atom stereocenters. The smallest absolute Gasteiger partial charge is 0.411 e. The number of rotatable bonds is 7. The van der Waals surface area contributed by atoms with Crippen molar-refractivity contribution in [2.45, 2.75) is 51.7 Å². The van der Waals surface area contributed by atoms with Crippen molar-refractivity contribution in [1.82, 2.24) is 9.88 Å². The number of thiazole rings is 1. The van der Waals surface area contributed by atoms with E-state index in [1.807, 2.05) is 0 Å². The molecule has 2 heterocycles. The zero-order valence-electron chi connectivity index (χ0n) is 23.7. The molecular formula is C29H32FN3O7S. The molecule has 0 aliphatic carbocycles. The van der Waals surface area contributed by atoms with E-state index in [0.29, 0.717) is 29.4 Å². The molecule has 1 N–H and O–H groups in total. The first-order chi connectivity index (χ1) is 19.3. The summed E-state index contributed by atoms with van der Waals surface area (Å²) in [7, 11) is 2.64. The number of benzene rings is 2. The molecule has 0 bridgehead atoms. The summed E-state index contributed by atoms with van der Waals surface area (Å²) < 4.78 is 36.5. The van der Waals surface area contributed by atoms with Crippen LogP contribution in [0.4, 0.5) is 14.3 Å². The average molecular weight is 586 g/mol. The number of anilines is 1. The molecule has 1 atom stereocenters. The van der Waals surface area contributed by atoms with Crippen LogP contribution in [0.1, 0.15) is 55.6 Å². The van der Waals surface area contributed by atoms with Crippen LogP contribution in [0.3, 0.4) is 0 Å². The monoisotopic (exact) mass is 585 g/mol. The van der Waals surface area contributed by atoms with Gasteiger partial charge in [0.05, 0.1) is 31.7 Å². The number of amides is 2. The molecule has 218 valence electrons. The van der Waals surface area contributed by atoms with Gasteiger partial charge in [-0.05, 0) is 69.5 Å². The number of nitrogens with one attached hydrogen (secondary N) is 1. The van der Waals surface area contributed by atoms with Crippen molar-refractivity contribution in [2.24, 2.45) is 0 Å². The van der Waals surface area contributed by atoms with Crippen LogP contribution in [-0.4, -0.2) is 54.2 Å². The Labute approximate surface area is 241 Å². The first-order valence-electron chi connectivity index (χ1n) is 12.8. The highest BCUT2D eigenvalue weighted by atomic mass is 32.1. The minimum absolute atomic E-state index is 0.104. The van der Waals surface area contributed by atoms with Gasteiger partial charge < -0.3 is 24.3 Å². The standard InChI is InChI=1S/C29H32FN3O7S/c1-28(2,3)40-27(36)33-11-9-17-13-22(37-5)23(39-18-7-8-19(21(30)14-18)25(35)38-6)15-20(17)29(33,4)16-24(34)32-26-31-10-12-41-26/h7-8,10,12-15H,9,11,16H2,1-6H3,(H,31,32,34)/t29-/m1/s1. The summed E-state index contributed by atoms with van der Waals surface area (Å²) in [5.41, 5.74) is -0.640. The Hall–Kier alpha value is -4.19. The van der Waals surface area contributed by atoms with E-state index in [4.69, 9.17) is 14.2 Å². The maximum Gasteiger partial charge on any atom is 0.411 e. The lowest BCUT2D eigenvalue weighted by Gasteiger charge is -2.46. The molecule has 10 nitrogen and oxygen atoms in total. The van der Waals surface area contributed by atoms with E-state index in [1.54, 1.807) is 56.3 Å². The highest BCUT2D eigenvalue weighted by Gasteiger charge is 2.45. The van der Waals surface area contributed by atoms with Gasteiger partial charge in [0.2, 0.25) is 5.91 Å². The van der Waals surface area contributed by atoms with Gasteiger partial charge in [-0.3, -0.25) is 9.69 Å². The lowest BCUT2D eigenvalue weighted by Crippen LogP contribution is -2.54. The van der Waals surface area contributed by atoms with Crippen LogP contribution in [0.15, 0.2) is 41.9 Å². The number of hydrogen-bond donors (Lipinski definition) is 1. The summed E-state index contributed by atoms with van der Waals surface area (Å²) in [6.45, 7) is 7.41. The SMILES string of the molecule is COC(=O)c1ccc(Oc2cc3c(cc2OC)CCN(C(=O)OC(C)(C)C)[C@]3(C)CC(=O)Nc2nccs2)cc1F. The minimum Gasteiger partial charge on any atom is -0.493 e. The van der Waals surface area contributed by atoms with Crippen molar-refractivity contribution < 1.29 is 37.7 Å². The highest BCUT2D eigenvalue weighted by molar-refractivity contribution is 7.13. The first kappa shape index (κ1) is 29.8. The normalized spacial score (nSPS) is 16.4. The number of carbonyl (C=O) groups is 3. The van der Waals surface area contributed by atoms with Crippen molar-refractivity contribution in [3.05, 3.63) is 64.4 Å². The maximum atomic E-state index is 14.6. The third-order valence-corrected chi connectivity index (χ3v) is 7.23. The molecule has 0 radical (unpaired) electrons. The topological polar surface area (TPSA) is 116 Å². The Morgan fingerprint density at radius 2 is 1.90 bits per heavy atom.